The van der Waals surface area contributed by atoms with Crippen LogP contribution in [0.4, 0.5) is 0 Å². The molecule has 0 bridgehead atoms. The second-order valence-corrected chi connectivity index (χ2v) is 4.36. The molecule has 0 radical (unpaired) electrons. The molecule has 3 nitrogen and oxygen atoms in total. The van der Waals surface area contributed by atoms with Gasteiger partial charge in [-0.3, -0.25) is 5.32 Å². The molecule has 1 aromatic carbocycles. The van der Waals surface area contributed by atoms with Crippen molar-refractivity contribution < 1.29 is 4.74 Å². The summed E-state index contributed by atoms with van der Waals surface area (Å²) in [6.45, 7) is 4.86. The first-order valence-corrected chi connectivity index (χ1v) is 5.93. The molecule has 0 fully saturated rings. The third-order valence-electron chi connectivity index (χ3n) is 2.75. The first-order valence-electron chi connectivity index (χ1n) is 5.93. The van der Waals surface area contributed by atoms with E-state index in [0.717, 1.165) is 24.3 Å². The minimum atomic E-state index is -0.537. The summed E-state index contributed by atoms with van der Waals surface area (Å²) in [6.07, 6.45) is 1.66. The normalized spacial score (nSPS) is 13.8. The van der Waals surface area contributed by atoms with Crippen molar-refractivity contribution in [2.45, 2.75) is 32.2 Å². The van der Waals surface area contributed by atoms with Gasteiger partial charge < -0.3 is 4.74 Å². The fourth-order valence-electron chi connectivity index (χ4n) is 1.77. The average Bonchev–Trinajstić information content (AvgIpc) is 2.37. The number of hydrogen-bond donors (Lipinski definition) is 1. The van der Waals surface area contributed by atoms with Gasteiger partial charge in [-0.15, -0.1) is 0 Å². The number of nitrogens with zero attached hydrogens (tertiary/aromatic N) is 1. The lowest BCUT2D eigenvalue weighted by molar-refractivity contribution is 0.395. The number of hydrogen-bond acceptors (Lipinski definition) is 3. The number of benzene rings is 1. The molecule has 0 saturated carbocycles. The first kappa shape index (κ1) is 13.5. The Bertz CT molecular complexity index is 397. The van der Waals surface area contributed by atoms with Crippen molar-refractivity contribution in [2.75, 3.05) is 13.7 Å². The molecular formula is C14H20N2O. The van der Waals surface area contributed by atoms with Crippen molar-refractivity contribution in [1.29, 1.82) is 5.26 Å². The van der Waals surface area contributed by atoms with Gasteiger partial charge >= 0.3 is 0 Å². The van der Waals surface area contributed by atoms with Crippen LogP contribution in [-0.2, 0) is 6.42 Å². The zero-order chi connectivity index (χ0) is 12.7. The number of nitrogens with one attached hydrogen (secondary N) is 1. The largest absolute Gasteiger partial charge is 0.496 e. The van der Waals surface area contributed by atoms with Crippen LogP contribution >= 0.6 is 0 Å². The lowest BCUT2D eigenvalue weighted by Gasteiger charge is -2.24. The minimum Gasteiger partial charge on any atom is -0.496 e. The maximum Gasteiger partial charge on any atom is 0.122 e. The molecule has 0 aliphatic rings. The summed E-state index contributed by atoms with van der Waals surface area (Å²) >= 11 is 0. The van der Waals surface area contributed by atoms with Crippen LogP contribution in [0.15, 0.2) is 24.3 Å². The van der Waals surface area contributed by atoms with Crippen molar-refractivity contribution >= 4 is 0 Å². The van der Waals surface area contributed by atoms with E-state index in [9.17, 15) is 5.26 Å². The SMILES string of the molecule is CCCNC(C)(C#N)Cc1ccccc1OC. The van der Waals surface area contributed by atoms with Gasteiger partial charge in [0.25, 0.3) is 0 Å². The summed E-state index contributed by atoms with van der Waals surface area (Å²) in [5, 5.41) is 12.6. The highest BCUT2D eigenvalue weighted by atomic mass is 16.5. The van der Waals surface area contributed by atoms with E-state index in [2.05, 4.69) is 18.3 Å². The standard InChI is InChI=1S/C14H20N2O/c1-4-9-16-14(2,11-15)10-12-7-5-6-8-13(12)17-3/h5-8,16H,4,9-10H2,1-3H3. The smallest absolute Gasteiger partial charge is 0.122 e. The Labute approximate surface area is 103 Å². The van der Waals surface area contributed by atoms with Gasteiger partial charge in [-0.05, 0) is 31.5 Å². The van der Waals surface area contributed by atoms with Crippen molar-refractivity contribution in [3.63, 3.8) is 0 Å². The first-order chi connectivity index (χ1) is 8.15. The zero-order valence-electron chi connectivity index (χ0n) is 10.8. The van der Waals surface area contributed by atoms with Gasteiger partial charge in [-0.1, -0.05) is 25.1 Å². The molecule has 0 aromatic heterocycles. The van der Waals surface area contributed by atoms with Crippen molar-refractivity contribution in [1.82, 2.24) is 5.32 Å². The van der Waals surface area contributed by atoms with Gasteiger partial charge in [0, 0.05) is 6.42 Å². The molecule has 17 heavy (non-hydrogen) atoms. The molecule has 0 saturated heterocycles. The summed E-state index contributed by atoms with van der Waals surface area (Å²) in [5.41, 5.74) is 0.521. The van der Waals surface area contributed by atoms with Crippen LogP contribution < -0.4 is 10.1 Å². The van der Waals surface area contributed by atoms with Gasteiger partial charge in [0.2, 0.25) is 0 Å². The molecule has 3 heteroatoms. The van der Waals surface area contributed by atoms with Crippen LogP contribution in [0.5, 0.6) is 5.75 Å². The lowest BCUT2D eigenvalue weighted by atomic mass is 9.93. The Morgan fingerprint density at radius 3 is 2.71 bits per heavy atom. The number of methoxy groups -OCH3 is 1. The third-order valence-corrected chi connectivity index (χ3v) is 2.75. The molecule has 1 aromatic rings. The monoisotopic (exact) mass is 232 g/mol. The topological polar surface area (TPSA) is 45.0 Å². The van der Waals surface area contributed by atoms with Crippen LogP contribution in [0.1, 0.15) is 25.8 Å². The molecule has 0 aliphatic heterocycles. The highest BCUT2D eigenvalue weighted by Crippen LogP contribution is 2.22. The predicted molar refractivity (Wildman–Crippen MR) is 69.0 cm³/mol. The zero-order valence-corrected chi connectivity index (χ0v) is 10.8. The van der Waals surface area contributed by atoms with Gasteiger partial charge in [0.15, 0.2) is 0 Å². The summed E-state index contributed by atoms with van der Waals surface area (Å²) in [7, 11) is 1.65. The van der Waals surface area contributed by atoms with Gasteiger partial charge in [-0.25, -0.2) is 0 Å². The molecule has 1 N–H and O–H groups in total. The van der Waals surface area contributed by atoms with E-state index in [0.29, 0.717) is 6.42 Å². The van der Waals surface area contributed by atoms with E-state index < -0.39 is 5.54 Å². The Kier molecular flexibility index (Phi) is 4.99. The number of para-hydroxylation sites is 1. The molecule has 0 heterocycles. The fraction of sp³-hybridized carbons (Fsp3) is 0.500. The Morgan fingerprint density at radius 2 is 2.12 bits per heavy atom. The lowest BCUT2D eigenvalue weighted by Crippen LogP contribution is -2.43. The maximum absolute atomic E-state index is 9.28. The summed E-state index contributed by atoms with van der Waals surface area (Å²) in [4.78, 5) is 0. The molecule has 1 atom stereocenters. The maximum atomic E-state index is 9.28. The Morgan fingerprint density at radius 1 is 1.41 bits per heavy atom. The highest BCUT2D eigenvalue weighted by molar-refractivity contribution is 5.35. The van der Waals surface area contributed by atoms with Crippen molar-refractivity contribution in [3.8, 4) is 11.8 Å². The highest BCUT2D eigenvalue weighted by Gasteiger charge is 2.24. The van der Waals surface area contributed by atoms with Crippen molar-refractivity contribution in [3.05, 3.63) is 29.8 Å². The molecule has 0 aliphatic carbocycles. The van der Waals surface area contributed by atoms with E-state index >= 15 is 0 Å². The van der Waals surface area contributed by atoms with E-state index in [1.807, 2.05) is 31.2 Å². The number of rotatable bonds is 6. The van der Waals surface area contributed by atoms with E-state index in [1.54, 1.807) is 7.11 Å². The second-order valence-electron chi connectivity index (χ2n) is 4.36. The average molecular weight is 232 g/mol. The Hall–Kier alpha value is -1.53. The molecule has 0 spiro atoms. The molecular weight excluding hydrogens is 212 g/mol. The van der Waals surface area contributed by atoms with Crippen LogP contribution in [0.2, 0.25) is 0 Å². The van der Waals surface area contributed by atoms with E-state index in [4.69, 9.17) is 4.74 Å². The molecule has 92 valence electrons. The quantitative estimate of drug-likeness (QED) is 0.819. The predicted octanol–water partition coefficient (Wildman–Crippen LogP) is 2.52. The van der Waals surface area contributed by atoms with Crippen LogP contribution in [-0.4, -0.2) is 19.2 Å². The summed E-state index contributed by atoms with van der Waals surface area (Å²) < 4.78 is 5.30. The van der Waals surface area contributed by atoms with Crippen LogP contribution in [0.25, 0.3) is 0 Å². The second kappa shape index (κ2) is 6.27. The summed E-state index contributed by atoms with van der Waals surface area (Å²) in [5.74, 6) is 0.840. The number of ether oxygens (including phenoxy) is 1. The van der Waals surface area contributed by atoms with Gasteiger partial charge in [0.1, 0.15) is 11.3 Å². The van der Waals surface area contributed by atoms with E-state index in [-0.39, 0.29) is 0 Å². The van der Waals surface area contributed by atoms with Crippen molar-refractivity contribution in [2.24, 2.45) is 0 Å². The van der Waals surface area contributed by atoms with Crippen LogP contribution in [0, 0.1) is 11.3 Å². The number of nitriles is 1. The minimum absolute atomic E-state index is 0.537. The molecule has 0 amide bonds. The van der Waals surface area contributed by atoms with Gasteiger partial charge in [0.05, 0.1) is 13.2 Å². The fourth-order valence-corrected chi connectivity index (χ4v) is 1.77. The summed E-state index contributed by atoms with van der Waals surface area (Å²) in [6, 6.07) is 10.2. The molecule has 1 rings (SSSR count). The van der Waals surface area contributed by atoms with E-state index in [1.165, 1.54) is 0 Å². The Balaban J connectivity index is 2.83. The van der Waals surface area contributed by atoms with Gasteiger partial charge in [-0.2, -0.15) is 5.26 Å². The molecule has 1 unspecified atom stereocenters. The van der Waals surface area contributed by atoms with Crippen LogP contribution in [0.3, 0.4) is 0 Å². The third kappa shape index (κ3) is 3.76.